The fourth-order valence-electron chi connectivity index (χ4n) is 1.74. The molecule has 0 aromatic carbocycles. The molecule has 1 N–H and O–H groups in total. The molecular weight excluding hydrogens is 304 g/mol. The number of rotatable bonds is 5. The van der Waals surface area contributed by atoms with E-state index in [1.165, 1.54) is 16.8 Å². The summed E-state index contributed by atoms with van der Waals surface area (Å²) in [4.78, 5) is 13.4. The van der Waals surface area contributed by atoms with Crippen molar-refractivity contribution in [2.24, 2.45) is 0 Å². The van der Waals surface area contributed by atoms with Gasteiger partial charge in [0.2, 0.25) is 10.0 Å². The van der Waals surface area contributed by atoms with E-state index in [4.69, 9.17) is 16.9 Å². The molecule has 9 heteroatoms. The first-order valence-corrected chi connectivity index (χ1v) is 8.42. The third kappa shape index (κ3) is 5.00. The Kier molecular flexibility index (Phi) is 6.26. The zero-order chi connectivity index (χ0) is 15.2. The summed E-state index contributed by atoms with van der Waals surface area (Å²) in [5, 5.41) is 11.5. The van der Waals surface area contributed by atoms with Crippen LogP contribution < -0.4 is 5.32 Å². The monoisotopic (exact) mass is 320 g/mol. The highest BCUT2D eigenvalue weighted by Crippen LogP contribution is 2.08. The van der Waals surface area contributed by atoms with Crippen LogP contribution in [0.25, 0.3) is 0 Å². The van der Waals surface area contributed by atoms with Crippen LogP contribution in [0.4, 0.5) is 0 Å². The minimum atomic E-state index is -3.18. The van der Waals surface area contributed by atoms with E-state index in [9.17, 15) is 13.2 Å². The summed E-state index contributed by atoms with van der Waals surface area (Å²) in [6.45, 7) is 1.87. The first kappa shape index (κ1) is 16.8. The van der Waals surface area contributed by atoms with Crippen LogP contribution in [0.2, 0.25) is 0 Å². The van der Waals surface area contributed by atoms with E-state index in [-0.39, 0.29) is 11.5 Å². The summed E-state index contributed by atoms with van der Waals surface area (Å²) in [7, 11) is -3.18. The summed E-state index contributed by atoms with van der Waals surface area (Å²) >= 11 is 5.45. The van der Waals surface area contributed by atoms with E-state index in [1.54, 1.807) is 4.90 Å². The van der Waals surface area contributed by atoms with Crippen molar-refractivity contribution in [3.05, 3.63) is 11.8 Å². The first-order valence-electron chi connectivity index (χ1n) is 6.03. The van der Waals surface area contributed by atoms with Crippen molar-refractivity contribution >= 4 is 27.5 Å². The van der Waals surface area contributed by atoms with E-state index in [1.807, 2.05) is 6.07 Å². The lowest BCUT2D eigenvalue weighted by molar-refractivity contribution is -0.117. The van der Waals surface area contributed by atoms with Crippen LogP contribution in [0.1, 0.15) is 0 Å². The molecule has 7 nitrogen and oxygen atoms in total. The maximum Gasteiger partial charge on any atom is 0.263 e. The predicted molar refractivity (Wildman–Crippen MR) is 75.4 cm³/mol. The number of carbonyl (C=O) groups excluding carboxylic acids is 1. The van der Waals surface area contributed by atoms with Crippen molar-refractivity contribution in [1.29, 1.82) is 5.26 Å². The number of piperazine rings is 1. The number of nitrogens with zero attached hydrogens (tertiary/aromatic N) is 3. The van der Waals surface area contributed by atoms with Gasteiger partial charge in [-0.25, -0.2) is 8.42 Å². The summed E-state index contributed by atoms with van der Waals surface area (Å²) in [5.41, 5.74) is -0.0112. The molecule has 1 rings (SSSR count). The number of nitrogens with one attached hydrogen (secondary N) is 1. The second-order valence-electron chi connectivity index (χ2n) is 4.30. The van der Waals surface area contributed by atoms with Gasteiger partial charge in [-0.1, -0.05) is 0 Å². The molecule has 0 spiro atoms. The Hall–Kier alpha value is -1.30. The minimum absolute atomic E-state index is 0.0112. The van der Waals surface area contributed by atoms with E-state index < -0.39 is 15.9 Å². The Bertz CT molecular complexity index is 518. The molecule has 0 saturated carbocycles. The molecule has 0 bridgehead atoms. The van der Waals surface area contributed by atoms with Gasteiger partial charge in [0.15, 0.2) is 0 Å². The number of alkyl halides is 1. The van der Waals surface area contributed by atoms with Gasteiger partial charge in [-0.05, 0) is 0 Å². The molecule has 112 valence electrons. The van der Waals surface area contributed by atoms with Crippen LogP contribution in [-0.4, -0.2) is 68.4 Å². The van der Waals surface area contributed by atoms with Crippen LogP contribution in [-0.2, 0) is 14.8 Å². The average Bonchev–Trinajstić information content (AvgIpc) is 2.41. The number of amides is 1. The highest BCUT2D eigenvalue weighted by molar-refractivity contribution is 7.88. The molecule has 1 saturated heterocycles. The van der Waals surface area contributed by atoms with Gasteiger partial charge in [0.1, 0.15) is 11.6 Å². The number of carbonyl (C=O) groups is 1. The average molecular weight is 321 g/mol. The first-order chi connectivity index (χ1) is 9.38. The number of halogens is 1. The quantitative estimate of drug-likeness (QED) is 0.412. The lowest BCUT2D eigenvalue weighted by atomic mass is 10.2. The van der Waals surface area contributed by atoms with Gasteiger partial charge in [-0.2, -0.15) is 9.57 Å². The van der Waals surface area contributed by atoms with Crippen molar-refractivity contribution in [2.75, 3.05) is 44.9 Å². The van der Waals surface area contributed by atoms with Crippen molar-refractivity contribution in [2.45, 2.75) is 0 Å². The highest BCUT2D eigenvalue weighted by Gasteiger charge is 2.22. The Labute approximate surface area is 123 Å². The van der Waals surface area contributed by atoms with Crippen LogP contribution >= 0.6 is 11.6 Å². The molecule has 0 aliphatic carbocycles. The number of hydrogen-bond donors (Lipinski definition) is 1. The smallest absolute Gasteiger partial charge is 0.263 e. The second-order valence-corrected chi connectivity index (χ2v) is 6.66. The van der Waals surface area contributed by atoms with Crippen molar-refractivity contribution in [1.82, 2.24) is 14.5 Å². The zero-order valence-corrected chi connectivity index (χ0v) is 12.7. The molecule has 0 unspecified atom stereocenters. The van der Waals surface area contributed by atoms with E-state index in [0.717, 1.165) is 0 Å². The van der Waals surface area contributed by atoms with E-state index in [2.05, 4.69) is 5.32 Å². The normalized spacial score (nSPS) is 17.6. The Morgan fingerprint density at radius 1 is 1.40 bits per heavy atom. The molecule has 1 amide bonds. The van der Waals surface area contributed by atoms with Crippen molar-refractivity contribution in [3.8, 4) is 6.07 Å². The number of hydrogen-bond acceptors (Lipinski definition) is 5. The maximum absolute atomic E-state index is 11.6. The SMILES string of the molecule is CS(=O)(=O)N1CCN(/C=C(/C#N)C(=O)NCCCl)CC1. The van der Waals surface area contributed by atoms with Gasteiger partial charge in [0, 0.05) is 44.8 Å². The van der Waals surface area contributed by atoms with Crippen LogP contribution in [0.3, 0.4) is 0 Å². The molecule has 1 heterocycles. The van der Waals surface area contributed by atoms with Crippen molar-refractivity contribution in [3.63, 3.8) is 0 Å². The fraction of sp³-hybridized carbons (Fsp3) is 0.636. The largest absolute Gasteiger partial charge is 0.373 e. The predicted octanol–water partition coefficient (Wildman–Crippen LogP) is -0.674. The third-order valence-corrected chi connectivity index (χ3v) is 4.29. The lowest BCUT2D eigenvalue weighted by Crippen LogP contribution is -2.46. The van der Waals surface area contributed by atoms with Crippen molar-refractivity contribution < 1.29 is 13.2 Å². The van der Waals surface area contributed by atoms with Gasteiger partial charge in [-0.15, -0.1) is 11.6 Å². The van der Waals surface area contributed by atoms with Gasteiger partial charge in [0.05, 0.1) is 6.26 Å². The molecule has 1 aliphatic heterocycles. The molecule has 20 heavy (non-hydrogen) atoms. The molecule has 0 radical (unpaired) electrons. The van der Waals surface area contributed by atoms with Gasteiger partial charge in [0.25, 0.3) is 5.91 Å². The Morgan fingerprint density at radius 2 is 2.00 bits per heavy atom. The lowest BCUT2D eigenvalue weighted by Gasteiger charge is -2.32. The third-order valence-electron chi connectivity index (χ3n) is 2.80. The van der Waals surface area contributed by atoms with E-state index >= 15 is 0 Å². The Balaban J connectivity index is 2.62. The Morgan fingerprint density at radius 3 is 2.45 bits per heavy atom. The molecule has 0 atom stereocenters. The highest BCUT2D eigenvalue weighted by atomic mass is 35.5. The van der Waals surface area contributed by atoms with Crippen LogP contribution in [0, 0.1) is 11.3 Å². The fourth-order valence-corrected chi connectivity index (χ4v) is 2.66. The molecule has 0 aromatic heterocycles. The molecule has 0 aromatic rings. The summed E-state index contributed by atoms with van der Waals surface area (Å²) < 4.78 is 24.1. The van der Waals surface area contributed by atoms with Gasteiger partial charge in [-0.3, -0.25) is 4.79 Å². The summed E-state index contributed by atoms with van der Waals surface area (Å²) in [6, 6.07) is 1.83. The molecule has 1 aliphatic rings. The number of sulfonamides is 1. The minimum Gasteiger partial charge on any atom is -0.373 e. The standard InChI is InChI=1S/C11H17ClN4O3S/c1-20(18,19)16-6-4-15(5-7-16)9-10(8-13)11(17)14-3-2-12/h9H,2-7H2,1H3,(H,14,17)/b10-9-. The number of nitriles is 1. The second kappa shape index (κ2) is 7.47. The topological polar surface area (TPSA) is 93.5 Å². The molecular formula is C11H17ClN4O3S. The van der Waals surface area contributed by atoms with Crippen LogP contribution in [0.5, 0.6) is 0 Å². The zero-order valence-electron chi connectivity index (χ0n) is 11.2. The molecule has 1 fully saturated rings. The van der Waals surface area contributed by atoms with Gasteiger partial charge < -0.3 is 10.2 Å². The van der Waals surface area contributed by atoms with E-state index in [0.29, 0.717) is 32.7 Å². The summed E-state index contributed by atoms with van der Waals surface area (Å²) in [6.07, 6.45) is 2.63. The maximum atomic E-state index is 11.6. The summed E-state index contributed by atoms with van der Waals surface area (Å²) in [5.74, 6) is -0.198. The van der Waals surface area contributed by atoms with Gasteiger partial charge >= 0.3 is 0 Å². The van der Waals surface area contributed by atoms with Crippen LogP contribution in [0.15, 0.2) is 11.8 Å².